The third-order valence-corrected chi connectivity index (χ3v) is 3.63. The van der Waals surface area contributed by atoms with Gasteiger partial charge in [0.1, 0.15) is 0 Å². The van der Waals surface area contributed by atoms with Crippen LogP contribution in [0, 0.1) is 0 Å². The summed E-state index contributed by atoms with van der Waals surface area (Å²) in [4.78, 5) is 0.921. The minimum absolute atomic E-state index is 0.0561. The summed E-state index contributed by atoms with van der Waals surface area (Å²) in [6.07, 6.45) is 0. The van der Waals surface area contributed by atoms with Crippen LogP contribution in [0.15, 0.2) is 18.2 Å². The average Bonchev–Trinajstić information content (AvgIpc) is 2.63. The Morgan fingerprint density at radius 1 is 1.43 bits per heavy atom. The van der Waals surface area contributed by atoms with Crippen LogP contribution < -0.4 is 5.73 Å². The maximum absolute atomic E-state index is 9.03. The molecule has 3 N–H and O–H groups in total. The van der Waals surface area contributed by atoms with Crippen molar-refractivity contribution < 1.29 is 5.11 Å². The number of thiophene rings is 1. The molecule has 0 spiro atoms. The molecule has 0 fully saturated rings. The van der Waals surface area contributed by atoms with Crippen LogP contribution in [0.25, 0.3) is 10.1 Å². The molecule has 0 aliphatic heterocycles. The fourth-order valence-corrected chi connectivity index (χ4v) is 2.80. The normalized spacial score (nSPS) is 11.0. The van der Waals surface area contributed by atoms with Gasteiger partial charge in [-0.3, -0.25) is 0 Å². The van der Waals surface area contributed by atoms with Gasteiger partial charge in [0, 0.05) is 26.5 Å². The van der Waals surface area contributed by atoms with E-state index in [1.165, 1.54) is 0 Å². The highest BCUT2D eigenvalue weighted by atomic mass is 35.5. The number of fused-ring (bicyclic) bond motifs is 1. The van der Waals surface area contributed by atoms with Crippen LogP contribution in [0.3, 0.4) is 0 Å². The number of rotatable bonds is 2. The summed E-state index contributed by atoms with van der Waals surface area (Å²) in [5.74, 6) is 0.474. The number of aliphatic hydroxyl groups is 1. The molecule has 0 aliphatic carbocycles. The van der Waals surface area contributed by atoms with E-state index in [9.17, 15) is 0 Å². The fourth-order valence-electron chi connectivity index (χ4n) is 1.43. The Morgan fingerprint density at radius 2 is 2.21 bits per heavy atom. The van der Waals surface area contributed by atoms with E-state index in [2.05, 4.69) is 0 Å². The molecule has 0 aliphatic rings. The zero-order valence-electron chi connectivity index (χ0n) is 7.46. The van der Waals surface area contributed by atoms with Crippen molar-refractivity contribution in [2.75, 3.05) is 5.73 Å². The quantitative estimate of drug-likeness (QED) is 0.612. The SMILES string of the molecule is Nc1ccc(CCl)c2sc(CO)cc12. The summed E-state index contributed by atoms with van der Waals surface area (Å²) in [7, 11) is 0. The molecule has 0 unspecified atom stereocenters. The average molecular weight is 228 g/mol. The van der Waals surface area contributed by atoms with Gasteiger partial charge in [-0.2, -0.15) is 0 Å². The lowest BCUT2D eigenvalue weighted by Gasteiger charge is -2.00. The number of alkyl halides is 1. The summed E-state index contributed by atoms with van der Waals surface area (Å²) in [6, 6.07) is 5.71. The topological polar surface area (TPSA) is 46.2 Å². The van der Waals surface area contributed by atoms with Crippen molar-refractivity contribution >= 4 is 38.7 Å². The van der Waals surface area contributed by atoms with E-state index in [-0.39, 0.29) is 6.61 Å². The van der Waals surface area contributed by atoms with E-state index in [1.54, 1.807) is 11.3 Å². The smallest absolute Gasteiger partial charge is 0.0774 e. The molecule has 2 nitrogen and oxygen atoms in total. The monoisotopic (exact) mass is 227 g/mol. The van der Waals surface area contributed by atoms with Gasteiger partial charge in [-0.1, -0.05) is 6.07 Å². The number of hydrogen-bond acceptors (Lipinski definition) is 3. The molecule has 1 aromatic carbocycles. The first-order valence-corrected chi connectivity index (χ1v) is 5.58. The number of aliphatic hydroxyl groups excluding tert-OH is 1. The molecule has 0 atom stereocenters. The maximum atomic E-state index is 9.03. The number of halogens is 1. The molecule has 0 saturated heterocycles. The van der Waals surface area contributed by atoms with Crippen LogP contribution in [-0.2, 0) is 12.5 Å². The molecule has 2 rings (SSSR count). The Hall–Kier alpha value is -0.770. The highest BCUT2D eigenvalue weighted by molar-refractivity contribution is 7.19. The van der Waals surface area contributed by atoms with E-state index in [1.807, 2.05) is 18.2 Å². The molecule has 2 aromatic rings. The van der Waals surface area contributed by atoms with Crippen LogP contribution in [0.4, 0.5) is 5.69 Å². The van der Waals surface area contributed by atoms with Crippen LogP contribution in [0.1, 0.15) is 10.4 Å². The van der Waals surface area contributed by atoms with E-state index < -0.39 is 0 Å². The number of nitrogen functional groups attached to an aromatic ring is 1. The van der Waals surface area contributed by atoms with Gasteiger partial charge in [-0.05, 0) is 17.7 Å². The van der Waals surface area contributed by atoms with Crippen LogP contribution in [0.5, 0.6) is 0 Å². The van der Waals surface area contributed by atoms with E-state index in [4.69, 9.17) is 22.4 Å². The van der Waals surface area contributed by atoms with Gasteiger partial charge < -0.3 is 10.8 Å². The Bertz CT molecular complexity index is 466. The first-order chi connectivity index (χ1) is 6.76. The Morgan fingerprint density at radius 3 is 2.86 bits per heavy atom. The van der Waals surface area contributed by atoms with Gasteiger partial charge in [0.05, 0.1) is 6.61 Å². The van der Waals surface area contributed by atoms with Crippen LogP contribution in [-0.4, -0.2) is 5.11 Å². The van der Waals surface area contributed by atoms with Gasteiger partial charge in [0.2, 0.25) is 0 Å². The second-order valence-corrected chi connectivity index (χ2v) is 4.47. The lowest BCUT2D eigenvalue weighted by Crippen LogP contribution is -1.86. The molecule has 4 heteroatoms. The van der Waals surface area contributed by atoms with Crippen molar-refractivity contribution in [1.29, 1.82) is 0 Å². The first-order valence-electron chi connectivity index (χ1n) is 4.23. The van der Waals surface area contributed by atoms with Crippen molar-refractivity contribution in [1.82, 2.24) is 0 Å². The van der Waals surface area contributed by atoms with Crippen molar-refractivity contribution in [2.24, 2.45) is 0 Å². The predicted molar refractivity (Wildman–Crippen MR) is 61.7 cm³/mol. The molecule has 1 aromatic heterocycles. The van der Waals surface area contributed by atoms with Gasteiger partial charge in [-0.15, -0.1) is 22.9 Å². The molecule has 0 radical (unpaired) electrons. The molecule has 74 valence electrons. The molecule has 0 saturated carbocycles. The van der Waals surface area contributed by atoms with E-state index in [0.29, 0.717) is 5.88 Å². The fraction of sp³-hybridized carbons (Fsp3) is 0.200. The number of hydrogen-bond donors (Lipinski definition) is 2. The number of anilines is 1. The van der Waals surface area contributed by atoms with Crippen molar-refractivity contribution in [3.05, 3.63) is 28.6 Å². The van der Waals surface area contributed by atoms with Gasteiger partial charge in [0.25, 0.3) is 0 Å². The number of nitrogens with two attached hydrogens (primary N) is 1. The third kappa shape index (κ3) is 1.47. The lowest BCUT2D eigenvalue weighted by atomic mass is 10.1. The standard InChI is InChI=1S/C10H10ClNOS/c11-4-6-1-2-9(12)8-3-7(5-13)14-10(6)8/h1-3,13H,4-5,12H2. The zero-order valence-corrected chi connectivity index (χ0v) is 9.03. The lowest BCUT2D eigenvalue weighted by molar-refractivity contribution is 0.285. The molecule has 0 amide bonds. The second kappa shape index (κ2) is 3.77. The Balaban J connectivity index is 2.74. The maximum Gasteiger partial charge on any atom is 0.0774 e. The van der Waals surface area contributed by atoms with Crippen molar-refractivity contribution in [3.63, 3.8) is 0 Å². The third-order valence-electron chi connectivity index (χ3n) is 2.15. The largest absolute Gasteiger partial charge is 0.398 e. The minimum atomic E-state index is 0.0561. The first kappa shape index (κ1) is 9.77. The Kier molecular flexibility index (Phi) is 2.63. The summed E-state index contributed by atoms with van der Waals surface area (Å²) >= 11 is 7.36. The van der Waals surface area contributed by atoms with E-state index >= 15 is 0 Å². The minimum Gasteiger partial charge on any atom is -0.398 e. The summed E-state index contributed by atoms with van der Waals surface area (Å²) < 4.78 is 1.09. The number of benzene rings is 1. The van der Waals surface area contributed by atoms with Crippen molar-refractivity contribution in [2.45, 2.75) is 12.5 Å². The highest BCUT2D eigenvalue weighted by Crippen LogP contribution is 2.33. The molecule has 1 heterocycles. The summed E-state index contributed by atoms with van der Waals surface area (Å²) in [6.45, 7) is 0.0561. The van der Waals surface area contributed by atoms with Crippen LogP contribution >= 0.6 is 22.9 Å². The van der Waals surface area contributed by atoms with E-state index in [0.717, 1.165) is 26.2 Å². The van der Waals surface area contributed by atoms with Gasteiger partial charge in [-0.25, -0.2) is 0 Å². The second-order valence-electron chi connectivity index (χ2n) is 3.06. The van der Waals surface area contributed by atoms with Gasteiger partial charge >= 0.3 is 0 Å². The zero-order chi connectivity index (χ0) is 10.1. The summed E-state index contributed by atoms with van der Waals surface area (Å²) in [5.41, 5.74) is 7.64. The molecular formula is C10H10ClNOS. The molecule has 0 bridgehead atoms. The van der Waals surface area contributed by atoms with Crippen molar-refractivity contribution in [3.8, 4) is 0 Å². The molecule has 14 heavy (non-hydrogen) atoms. The Labute approximate surface area is 90.9 Å². The highest BCUT2D eigenvalue weighted by Gasteiger charge is 2.07. The predicted octanol–water partition coefficient (Wildman–Crippen LogP) is 2.71. The van der Waals surface area contributed by atoms with Crippen LogP contribution in [0.2, 0.25) is 0 Å². The summed E-state index contributed by atoms with van der Waals surface area (Å²) in [5, 5.41) is 10.0. The molecular weight excluding hydrogens is 218 g/mol. The van der Waals surface area contributed by atoms with Gasteiger partial charge in [0.15, 0.2) is 0 Å².